The van der Waals surface area contributed by atoms with Crippen LogP contribution in [0.4, 0.5) is 0 Å². The van der Waals surface area contributed by atoms with Gasteiger partial charge in [-0.05, 0) is 48.4 Å². The second-order valence-electron chi connectivity index (χ2n) is 6.59. The van der Waals surface area contributed by atoms with Gasteiger partial charge in [0.15, 0.2) is 0 Å². The number of rotatable bonds is 6. The monoisotopic (exact) mass is 438 g/mol. The summed E-state index contributed by atoms with van der Waals surface area (Å²) in [5.41, 5.74) is 3.35. The normalized spacial score (nSPS) is 11.2. The summed E-state index contributed by atoms with van der Waals surface area (Å²) < 4.78 is 4.57. The molecule has 0 radical (unpaired) electrons. The maximum Gasteiger partial charge on any atom is 0.275 e. The zero-order valence-corrected chi connectivity index (χ0v) is 16.7. The second kappa shape index (κ2) is 7.98. The summed E-state index contributed by atoms with van der Waals surface area (Å²) in [5, 5.41) is 2.89. The summed E-state index contributed by atoms with van der Waals surface area (Å²) in [6, 6.07) is 13.3. The molecule has 0 saturated carbocycles. The molecule has 0 fully saturated rings. The first-order valence-electron chi connectivity index (χ1n) is 9.08. The quantitative estimate of drug-likeness (QED) is 0.500. The molecule has 28 heavy (non-hydrogen) atoms. The number of hydrogen-bond donors (Lipinski definition) is 1. The van der Waals surface area contributed by atoms with E-state index in [9.17, 15) is 9.59 Å². The maximum atomic E-state index is 12.9. The zero-order valence-electron chi connectivity index (χ0n) is 15.1. The number of nitrogens with zero attached hydrogens (tertiary/aromatic N) is 3. The van der Waals surface area contributed by atoms with E-state index in [1.807, 2.05) is 53.1 Å². The van der Waals surface area contributed by atoms with Gasteiger partial charge in [-0.2, -0.15) is 0 Å². The van der Waals surface area contributed by atoms with Crippen molar-refractivity contribution in [1.29, 1.82) is 0 Å². The lowest BCUT2D eigenvalue weighted by Gasteiger charge is -2.13. The number of benzene rings is 1. The lowest BCUT2D eigenvalue weighted by Crippen LogP contribution is -2.25. The molecule has 4 rings (SSSR count). The summed E-state index contributed by atoms with van der Waals surface area (Å²) in [4.78, 5) is 29.1. The molecule has 0 bridgehead atoms. The third-order valence-electron chi connectivity index (χ3n) is 4.70. The van der Waals surface area contributed by atoms with E-state index in [1.165, 1.54) is 0 Å². The third kappa shape index (κ3) is 3.71. The van der Waals surface area contributed by atoms with Gasteiger partial charge in [-0.25, -0.2) is 0 Å². The fourth-order valence-electron chi connectivity index (χ4n) is 3.34. The highest BCUT2D eigenvalue weighted by Gasteiger charge is 2.11. The molecule has 7 heteroatoms. The Morgan fingerprint density at radius 2 is 2.00 bits per heavy atom. The van der Waals surface area contributed by atoms with Crippen molar-refractivity contribution in [3.05, 3.63) is 81.4 Å². The molecule has 1 amide bonds. The number of hydrogen-bond acceptors (Lipinski definition) is 3. The van der Waals surface area contributed by atoms with Crippen LogP contribution >= 0.6 is 15.9 Å². The number of pyridine rings is 1. The molecule has 1 N–H and O–H groups in total. The molecule has 0 unspecified atom stereocenters. The van der Waals surface area contributed by atoms with Gasteiger partial charge in [0.05, 0.1) is 11.0 Å². The van der Waals surface area contributed by atoms with E-state index in [2.05, 4.69) is 26.2 Å². The largest absolute Gasteiger partial charge is 0.352 e. The number of fused-ring (bicyclic) bond motifs is 3. The van der Waals surface area contributed by atoms with Crippen LogP contribution < -0.4 is 10.9 Å². The van der Waals surface area contributed by atoms with E-state index in [0.29, 0.717) is 31.4 Å². The van der Waals surface area contributed by atoms with Gasteiger partial charge in [-0.3, -0.25) is 14.6 Å². The standard InChI is InChI=1S/C21H19BrN4O2/c22-16-7-8-17-19(12-16)26(21(28)18-5-2-10-25(17)18)11-3-6-20(27)24-14-15-4-1-9-23-13-15/h1-2,4-5,7-10,12-13H,3,6,11,14H2,(H,24,27). The summed E-state index contributed by atoms with van der Waals surface area (Å²) in [6.45, 7) is 0.937. The smallest absolute Gasteiger partial charge is 0.275 e. The number of carbonyl (C=O) groups is 1. The Hall–Kier alpha value is -2.93. The minimum absolute atomic E-state index is 0.0360. The molecule has 3 aromatic heterocycles. The molecule has 142 valence electrons. The van der Waals surface area contributed by atoms with Crippen molar-refractivity contribution >= 4 is 38.4 Å². The molecule has 0 saturated heterocycles. The number of carbonyl (C=O) groups excluding carboxylic acids is 1. The van der Waals surface area contributed by atoms with Gasteiger partial charge < -0.3 is 14.3 Å². The lowest BCUT2D eigenvalue weighted by molar-refractivity contribution is -0.121. The fraction of sp³-hybridized carbons (Fsp3) is 0.190. The van der Waals surface area contributed by atoms with E-state index in [-0.39, 0.29) is 11.5 Å². The van der Waals surface area contributed by atoms with Crippen LogP contribution in [0.5, 0.6) is 0 Å². The average Bonchev–Trinajstić information content (AvgIpc) is 3.20. The first kappa shape index (κ1) is 18.4. The van der Waals surface area contributed by atoms with E-state index >= 15 is 0 Å². The van der Waals surface area contributed by atoms with Crippen molar-refractivity contribution in [3.8, 4) is 0 Å². The molecule has 0 spiro atoms. The molecule has 1 aromatic carbocycles. The van der Waals surface area contributed by atoms with E-state index < -0.39 is 0 Å². The molecule has 3 heterocycles. The van der Waals surface area contributed by atoms with Gasteiger partial charge in [-0.15, -0.1) is 0 Å². The molecule has 0 aliphatic heterocycles. The predicted molar refractivity (Wildman–Crippen MR) is 112 cm³/mol. The number of nitrogens with one attached hydrogen (secondary N) is 1. The van der Waals surface area contributed by atoms with Crippen LogP contribution in [0.1, 0.15) is 18.4 Å². The Labute approximate surface area is 170 Å². The molecule has 6 nitrogen and oxygen atoms in total. The summed E-state index contributed by atoms with van der Waals surface area (Å²) in [5.74, 6) is -0.0360. The molecular weight excluding hydrogens is 420 g/mol. The maximum absolute atomic E-state index is 12.9. The highest BCUT2D eigenvalue weighted by molar-refractivity contribution is 9.10. The van der Waals surface area contributed by atoms with Crippen LogP contribution in [0, 0.1) is 0 Å². The zero-order chi connectivity index (χ0) is 19.5. The van der Waals surface area contributed by atoms with E-state index in [4.69, 9.17) is 0 Å². The van der Waals surface area contributed by atoms with Gasteiger partial charge in [-0.1, -0.05) is 22.0 Å². The lowest BCUT2D eigenvalue weighted by atomic mass is 10.2. The topological polar surface area (TPSA) is 68.4 Å². The van der Waals surface area contributed by atoms with Crippen LogP contribution in [0.15, 0.2) is 70.3 Å². The molecule has 0 atom stereocenters. The Balaban J connectivity index is 1.49. The van der Waals surface area contributed by atoms with Gasteiger partial charge in [0, 0.05) is 42.6 Å². The Kier molecular flexibility index (Phi) is 5.25. The number of aryl methyl sites for hydroxylation is 1. The van der Waals surface area contributed by atoms with Crippen LogP contribution in [0.2, 0.25) is 0 Å². The van der Waals surface area contributed by atoms with Gasteiger partial charge in [0.25, 0.3) is 5.56 Å². The minimum atomic E-state index is -0.0497. The van der Waals surface area contributed by atoms with Crippen molar-refractivity contribution in [1.82, 2.24) is 19.3 Å². The summed E-state index contributed by atoms with van der Waals surface area (Å²) >= 11 is 3.49. The van der Waals surface area contributed by atoms with Crippen LogP contribution in [-0.4, -0.2) is 19.9 Å². The minimum Gasteiger partial charge on any atom is -0.352 e. The van der Waals surface area contributed by atoms with Gasteiger partial charge >= 0.3 is 0 Å². The fourth-order valence-corrected chi connectivity index (χ4v) is 3.69. The molecule has 0 aliphatic carbocycles. The SMILES string of the molecule is O=C(CCCn1c(=O)c2cccn2c2ccc(Br)cc21)NCc1cccnc1. The number of halogens is 1. The number of amides is 1. The van der Waals surface area contributed by atoms with Crippen molar-refractivity contribution in [3.63, 3.8) is 0 Å². The van der Waals surface area contributed by atoms with Crippen molar-refractivity contribution in [2.24, 2.45) is 0 Å². The van der Waals surface area contributed by atoms with E-state index in [0.717, 1.165) is 21.1 Å². The van der Waals surface area contributed by atoms with Gasteiger partial charge in [0.2, 0.25) is 5.91 Å². The van der Waals surface area contributed by atoms with Crippen LogP contribution in [0.3, 0.4) is 0 Å². The predicted octanol–water partition coefficient (Wildman–Crippen LogP) is 3.51. The first-order chi connectivity index (χ1) is 13.6. The first-order valence-corrected chi connectivity index (χ1v) is 9.87. The Morgan fingerprint density at radius 1 is 1.11 bits per heavy atom. The summed E-state index contributed by atoms with van der Waals surface area (Å²) in [6.07, 6.45) is 6.26. The average molecular weight is 439 g/mol. The van der Waals surface area contributed by atoms with Crippen molar-refractivity contribution in [2.75, 3.05) is 0 Å². The van der Waals surface area contributed by atoms with Crippen molar-refractivity contribution < 1.29 is 4.79 Å². The Morgan fingerprint density at radius 3 is 2.82 bits per heavy atom. The molecule has 0 aliphatic rings. The van der Waals surface area contributed by atoms with E-state index in [1.54, 1.807) is 17.0 Å². The Bertz CT molecular complexity index is 1200. The second-order valence-corrected chi connectivity index (χ2v) is 7.51. The van der Waals surface area contributed by atoms with Crippen LogP contribution in [0.25, 0.3) is 16.6 Å². The number of aromatic nitrogens is 3. The molecule has 4 aromatic rings. The molecular formula is C21H19BrN4O2. The highest BCUT2D eigenvalue weighted by Crippen LogP contribution is 2.20. The third-order valence-corrected chi connectivity index (χ3v) is 5.19. The van der Waals surface area contributed by atoms with Crippen LogP contribution in [-0.2, 0) is 17.9 Å². The highest BCUT2D eigenvalue weighted by atomic mass is 79.9. The van der Waals surface area contributed by atoms with Gasteiger partial charge in [0.1, 0.15) is 5.52 Å². The summed E-state index contributed by atoms with van der Waals surface area (Å²) in [7, 11) is 0. The van der Waals surface area contributed by atoms with Crippen molar-refractivity contribution in [2.45, 2.75) is 25.9 Å².